The summed E-state index contributed by atoms with van der Waals surface area (Å²) in [5.41, 5.74) is 1.52. The summed E-state index contributed by atoms with van der Waals surface area (Å²) in [6.07, 6.45) is 0. The molecule has 1 aromatic heterocycles. The Morgan fingerprint density at radius 3 is 2.52 bits per heavy atom. The molecule has 4 aromatic rings. The van der Waals surface area contributed by atoms with Crippen LogP contribution in [0, 0.1) is 0 Å². The summed E-state index contributed by atoms with van der Waals surface area (Å²) in [7, 11) is -3.66. The van der Waals surface area contributed by atoms with Crippen LogP contribution < -0.4 is 9.60 Å². The lowest BCUT2D eigenvalue weighted by Gasteiger charge is -2.08. The van der Waals surface area contributed by atoms with Gasteiger partial charge in [-0.3, -0.25) is 9.36 Å². The second kappa shape index (κ2) is 9.58. The Balaban J connectivity index is 1.49. The number of fused-ring (bicyclic) bond motifs is 1. The van der Waals surface area contributed by atoms with E-state index in [9.17, 15) is 13.2 Å². The first-order valence-electron chi connectivity index (χ1n) is 9.48. The fourth-order valence-corrected chi connectivity index (χ4v) is 6.28. The molecule has 5 nitrogen and oxygen atoms in total. The maximum absolute atomic E-state index is 12.7. The van der Waals surface area contributed by atoms with Gasteiger partial charge in [0.25, 0.3) is 0 Å². The minimum Gasteiger partial charge on any atom is -0.294 e. The van der Waals surface area contributed by atoms with Crippen LogP contribution in [0.25, 0.3) is 10.2 Å². The van der Waals surface area contributed by atoms with Crippen LogP contribution in [0.2, 0.25) is 5.02 Å². The zero-order chi connectivity index (χ0) is 21.8. The Labute approximate surface area is 193 Å². The number of sulfonamides is 1. The molecular weight excluding hydrogens is 472 g/mol. The molecular formula is C22H19ClN2O3S3. The summed E-state index contributed by atoms with van der Waals surface area (Å²) < 4.78 is 30.3. The third kappa shape index (κ3) is 5.22. The van der Waals surface area contributed by atoms with E-state index in [0.717, 1.165) is 21.8 Å². The normalized spacial score (nSPS) is 11.8. The zero-order valence-electron chi connectivity index (χ0n) is 16.3. The average Bonchev–Trinajstić information content (AvgIpc) is 3.08. The van der Waals surface area contributed by atoms with E-state index >= 15 is 0 Å². The van der Waals surface area contributed by atoms with Crippen molar-refractivity contribution in [3.8, 4) is 0 Å². The predicted molar refractivity (Wildman–Crippen MR) is 129 cm³/mol. The molecule has 31 heavy (non-hydrogen) atoms. The quantitative estimate of drug-likeness (QED) is 0.283. The van der Waals surface area contributed by atoms with Gasteiger partial charge in [-0.25, -0.2) is 13.1 Å². The number of thioether (sulfide) groups is 1. The van der Waals surface area contributed by atoms with E-state index in [1.807, 2.05) is 48.5 Å². The van der Waals surface area contributed by atoms with Crippen molar-refractivity contribution in [2.45, 2.75) is 16.3 Å². The summed E-state index contributed by atoms with van der Waals surface area (Å²) in [6.45, 7) is 0.642. The molecule has 0 aliphatic heterocycles. The molecule has 0 saturated carbocycles. The standard InChI is InChI=1S/C22H19ClN2O3S3/c23-19-9-5-4-6-16(19)15-25-20-11-10-18(14-21(20)30-22(25)26)31(27,28)24-12-13-29-17-7-2-1-3-8-17/h1-11,14,24H,12-13,15H2. The van der Waals surface area contributed by atoms with Crippen LogP contribution in [0.3, 0.4) is 0 Å². The Morgan fingerprint density at radius 2 is 1.74 bits per heavy atom. The Kier molecular flexibility index (Phi) is 6.83. The highest BCUT2D eigenvalue weighted by Crippen LogP contribution is 2.24. The molecule has 0 saturated heterocycles. The van der Waals surface area contributed by atoms with Crippen molar-refractivity contribution >= 4 is 54.9 Å². The van der Waals surface area contributed by atoms with Crippen LogP contribution in [0.1, 0.15) is 5.56 Å². The van der Waals surface area contributed by atoms with Gasteiger partial charge in [0.05, 0.1) is 21.7 Å². The van der Waals surface area contributed by atoms with Crippen molar-refractivity contribution in [1.82, 2.24) is 9.29 Å². The van der Waals surface area contributed by atoms with E-state index in [1.165, 1.54) is 6.07 Å². The van der Waals surface area contributed by atoms with E-state index in [1.54, 1.807) is 34.5 Å². The number of nitrogens with zero attached hydrogens (tertiary/aromatic N) is 1. The third-order valence-electron chi connectivity index (χ3n) is 4.64. The molecule has 0 bridgehead atoms. The number of benzene rings is 3. The van der Waals surface area contributed by atoms with E-state index in [0.29, 0.717) is 34.1 Å². The lowest BCUT2D eigenvalue weighted by atomic mass is 10.2. The number of halogens is 1. The summed E-state index contributed by atoms with van der Waals surface area (Å²) >= 11 is 8.84. The highest BCUT2D eigenvalue weighted by Gasteiger charge is 2.17. The molecule has 0 amide bonds. The van der Waals surface area contributed by atoms with Gasteiger partial charge in [-0.1, -0.05) is 59.3 Å². The van der Waals surface area contributed by atoms with Crippen LogP contribution >= 0.6 is 34.7 Å². The van der Waals surface area contributed by atoms with Gasteiger partial charge in [0.15, 0.2) is 0 Å². The Hall–Kier alpha value is -2.10. The molecule has 0 aliphatic rings. The van der Waals surface area contributed by atoms with Crippen LogP contribution in [-0.2, 0) is 16.6 Å². The van der Waals surface area contributed by atoms with Crippen LogP contribution in [0.5, 0.6) is 0 Å². The van der Waals surface area contributed by atoms with E-state index in [4.69, 9.17) is 11.6 Å². The maximum Gasteiger partial charge on any atom is 0.308 e. The van der Waals surface area contributed by atoms with Gasteiger partial charge >= 0.3 is 4.87 Å². The number of aromatic nitrogens is 1. The topological polar surface area (TPSA) is 68.2 Å². The molecule has 0 aliphatic carbocycles. The molecule has 4 rings (SSSR count). The van der Waals surface area contributed by atoms with E-state index in [2.05, 4.69) is 4.72 Å². The van der Waals surface area contributed by atoms with Crippen molar-refractivity contribution in [2.24, 2.45) is 0 Å². The van der Waals surface area contributed by atoms with Crippen molar-refractivity contribution in [3.05, 3.63) is 93.0 Å². The smallest absolute Gasteiger partial charge is 0.294 e. The van der Waals surface area contributed by atoms with Crippen molar-refractivity contribution in [1.29, 1.82) is 0 Å². The van der Waals surface area contributed by atoms with Crippen LogP contribution in [0.4, 0.5) is 0 Å². The predicted octanol–water partition coefficient (Wildman–Crippen LogP) is 4.84. The molecule has 160 valence electrons. The summed E-state index contributed by atoms with van der Waals surface area (Å²) in [5, 5.41) is 0.588. The minimum absolute atomic E-state index is 0.149. The van der Waals surface area contributed by atoms with Gasteiger partial charge in [0, 0.05) is 22.2 Å². The highest BCUT2D eigenvalue weighted by atomic mass is 35.5. The second-order valence-electron chi connectivity index (χ2n) is 6.73. The van der Waals surface area contributed by atoms with Crippen molar-refractivity contribution < 1.29 is 8.42 Å². The lowest BCUT2D eigenvalue weighted by Crippen LogP contribution is -2.26. The van der Waals surface area contributed by atoms with Gasteiger partial charge < -0.3 is 0 Å². The first kappa shape index (κ1) is 22.1. The number of hydrogen-bond donors (Lipinski definition) is 1. The average molecular weight is 491 g/mol. The van der Waals surface area contributed by atoms with Gasteiger partial charge in [0.1, 0.15) is 0 Å². The van der Waals surface area contributed by atoms with Crippen molar-refractivity contribution in [2.75, 3.05) is 12.3 Å². The van der Waals surface area contributed by atoms with Crippen LogP contribution in [-0.4, -0.2) is 25.3 Å². The highest BCUT2D eigenvalue weighted by molar-refractivity contribution is 7.99. The summed E-state index contributed by atoms with van der Waals surface area (Å²) in [4.78, 5) is 13.6. The Bertz CT molecular complexity index is 1370. The van der Waals surface area contributed by atoms with E-state index in [-0.39, 0.29) is 9.77 Å². The first-order chi connectivity index (χ1) is 14.9. The maximum atomic E-state index is 12.7. The fraction of sp³-hybridized carbons (Fsp3) is 0.136. The third-order valence-corrected chi connectivity index (χ3v) is 8.43. The second-order valence-corrected chi connectivity index (χ2v) is 11.1. The summed E-state index contributed by atoms with van der Waals surface area (Å²) in [5.74, 6) is 0.618. The number of hydrogen-bond acceptors (Lipinski definition) is 5. The SMILES string of the molecule is O=c1sc2cc(S(=O)(=O)NCCSc3ccccc3)ccc2n1Cc1ccccc1Cl. The number of rotatable bonds is 8. The van der Waals surface area contributed by atoms with E-state index < -0.39 is 10.0 Å². The van der Waals surface area contributed by atoms with Gasteiger partial charge in [0.2, 0.25) is 10.0 Å². The summed E-state index contributed by atoms with van der Waals surface area (Å²) in [6, 6.07) is 21.9. The number of nitrogens with one attached hydrogen (secondary N) is 1. The zero-order valence-corrected chi connectivity index (χ0v) is 19.5. The van der Waals surface area contributed by atoms with Gasteiger partial charge in [-0.05, 0) is 42.0 Å². The van der Waals surface area contributed by atoms with Gasteiger partial charge in [-0.15, -0.1) is 11.8 Å². The number of thiazole rings is 1. The first-order valence-corrected chi connectivity index (χ1v) is 13.1. The lowest BCUT2D eigenvalue weighted by molar-refractivity contribution is 0.584. The van der Waals surface area contributed by atoms with Gasteiger partial charge in [-0.2, -0.15) is 0 Å². The van der Waals surface area contributed by atoms with Crippen molar-refractivity contribution in [3.63, 3.8) is 0 Å². The van der Waals surface area contributed by atoms with Crippen LogP contribution in [0.15, 0.2) is 87.4 Å². The monoisotopic (exact) mass is 490 g/mol. The fourth-order valence-electron chi connectivity index (χ4n) is 3.11. The molecule has 1 heterocycles. The Morgan fingerprint density at radius 1 is 1.00 bits per heavy atom. The molecule has 1 N–H and O–H groups in total. The molecule has 0 atom stereocenters. The molecule has 0 fully saturated rings. The largest absolute Gasteiger partial charge is 0.308 e. The molecule has 3 aromatic carbocycles. The molecule has 0 unspecified atom stereocenters. The molecule has 9 heteroatoms. The minimum atomic E-state index is -3.66. The molecule has 0 spiro atoms. The molecule has 0 radical (unpaired) electrons.